The smallest absolute Gasteiger partial charge is 0.294 e. The van der Waals surface area contributed by atoms with Crippen LogP contribution < -0.4 is 19.5 Å². The third-order valence-electron chi connectivity index (χ3n) is 5.20. The monoisotopic (exact) mass is 441 g/mol. The summed E-state index contributed by atoms with van der Waals surface area (Å²) in [6.07, 6.45) is 3.11. The van der Waals surface area contributed by atoms with Crippen molar-refractivity contribution in [2.24, 2.45) is 0 Å². The first-order valence-corrected chi connectivity index (χ1v) is 10.1. The molecule has 8 heteroatoms. The number of nitrogens with zero attached hydrogens (tertiary/aromatic N) is 2. The molecular formula is C25H19N3O5. The Balaban J connectivity index is 1.48. The molecule has 2 heterocycles. The highest BCUT2D eigenvalue weighted by Crippen LogP contribution is 2.37. The number of pyridine rings is 1. The molecule has 2 aromatic heterocycles. The second kappa shape index (κ2) is 8.51. The van der Waals surface area contributed by atoms with E-state index in [1.807, 2.05) is 48.5 Å². The van der Waals surface area contributed by atoms with Crippen LogP contribution in [-0.4, -0.2) is 30.3 Å². The average molecular weight is 441 g/mol. The van der Waals surface area contributed by atoms with Gasteiger partial charge in [0, 0.05) is 34.8 Å². The molecule has 0 fully saturated rings. The normalized spacial score (nSPS) is 10.8. The minimum absolute atomic E-state index is 0.142. The van der Waals surface area contributed by atoms with Crippen LogP contribution in [0.4, 0.5) is 5.69 Å². The molecule has 33 heavy (non-hydrogen) atoms. The Morgan fingerprint density at radius 3 is 2.52 bits per heavy atom. The summed E-state index contributed by atoms with van der Waals surface area (Å²) in [5, 5.41) is 8.99. The summed E-state index contributed by atoms with van der Waals surface area (Å²) in [5.41, 5.74) is 1.38. The standard InChI is InChI=1S/C25H19N3O5/c1-30-23-13-18-20(14-24(23)31-2)26-10-8-21(18)32-16-6-7-17-15(12-16)4-3-5-19(17)28-25(29)22-9-11-27-33-22/h3-14H,1-2H3,(H,28,29). The lowest BCUT2D eigenvalue weighted by molar-refractivity contribution is 0.0988. The van der Waals surface area contributed by atoms with Gasteiger partial charge in [-0.3, -0.25) is 9.78 Å². The van der Waals surface area contributed by atoms with Gasteiger partial charge < -0.3 is 24.1 Å². The molecule has 1 N–H and O–H groups in total. The van der Waals surface area contributed by atoms with Gasteiger partial charge in [-0.1, -0.05) is 17.3 Å². The third-order valence-corrected chi connectivity index (χ3v) is 5.20. The first-order valence-electron chi connectivity index (χ1n) is 10.1. The van der Waals surface area contributed by atoms with Crippen LogP contribution in [0.1, 0.15) is 10.6 Å². The van der Waals surface area contributed by atoms with Crippen molar-refractivity contribution in [1.82, 2.24) is 10.1 Å². The zero-order valence-electron chi connectivity index (χ0n) is 17.9. The summed E-state index contributed by atoms with van der Waals surface area (Å²) in [5.74, 6) is 2.24. The highest BCUT2D eigenvalue weighted by molar-refractivity contribution is 6.08. The number of fused-ring (bicyclic) bond motifs is 2. The number of ether oxygens (including phenoxy) is 3. The van der Waals surface area contributed by atoms with Crippen molar-refractivity contribution in [2.75, 3.05) is 19.5 Å². The summed E-state index contributed by atoms with van der Waals surface area (Å²) < 4.78 is 21.9. The Morgan fingerprint density at radius 1 is 0.879 bits per heavy atom. The van der Waals surface area contributed by atoms with Gasteiger partial charge >= 0.3 is 0 Å². The number of aromatic nitrogens is 2. The molecule has 164 valence electrons. The number of anilines is 1. The molecule has 0 aliphatic heterocycles. The fourth-order valence-corrected chi connectivity index (χ4v) is 3.61. The maximum absolute atomic E-state index is 12.4. The van der Waals surface area contributed by atoms with Gasteiger partial charge in [-0.05, 0) is 41.8 Å². The fraction of sp³-hybridized carbons (Fsp3) is 0.0800. The van der Waals surface area contributed by atoms with Crippen LogP contribution in [0.3, 0.4) is 0 Å². The fourth-order valence-electron chi connectivity index (χ4n) is 3.61. The third kappa shape index (κ3) is 3.89. The number of rotatable bonds is 6. The summed E-state index contributed by atoms with van der Waals surface area (Å²) in [6.45, 7) is 0. The Bertz CT molecular complexity index is 1460. The quantitative estimate of drug-likeness (QED) is 0.375. The molecule has 3 aromatic carbocycles. The molecule has 8 nitrogen and oxygen atoms in total. The highest BCUT2D eigenvalue weighted by atomic mass is 16.5. The summed E-state index contributed by atoms with van der Waals surface area (Å²) in [6, 6.07) is 18.3. The lowest BCUT2D eigenvalue weighted by Gasteiger charge is -2.13. The van der Waals surface area contributed by atoms with Crippen LogP contribution in [0.15, 0.2) is 77.6 Å². The van der Waals surface area contributed by atoms with Crippen LogP contribution in [0.2, 0.25) is 0 Å². The van der Waals surface area contributed by atoms with Gasteiger partial charge in [0.15, 0.2) is 11.5 Å². The Morgan fingerprint density at radius 2 is 1.73 bits per heavy atom. The number of hydrogen-bond donors (Lipinski definition) is 1. The van der Waals surface area contributed by atoms with E-state index < -0.39 is 0 Å². The van der Waals surface area contributed by atoms with Gasteiger partial charge in [-0.25, -0.2) is 0 Å². The first kappa shape index (κ1) is 20.3. The molecular weight excluding hydrogens is 422 g/mol. The predicted octanol–water partition coefficient (Wildman–Crippen LogP) is 5.44. The van der Waals surface area contributed by atoms with Crippen molar-refractivity contribution in [3.8, 4) is 23.0 Å². The molecule has 1 amide bonds. The largest absolute Gasteiger partial charge is 0.493 e. The molecule has 0 aliphatic carbocycles. The molecule has 0 bridgehead atoms. The highest BCUT2D eigenvalue weighted by Gasteiger charge is 2.14. The minimum atomic E-state index is -0.368. The zero-order chi connectivity index (χ0) is 22.8. The van der Waals surface area contributed by atoms with Crippen LogP contribution in [-0.2, 0) is 0 Å². The van der Waals surface area contributed by atoms with Crippen molar-refractivity contribution in [1.29, 1.82) is 0 Å². The SMILES string of the molecule is COc1cc2nccc(Oc3ccc4c(NC(=O)c5ccno5)cccc4c3)c2cc1OC. The molecule has 0 spiro atoms. The number of methoxy groups -OCH3 is 2. The Hall–Kier alpha value is -4.59. The second-order valence-corrected chi connectivity index (χ2v) is 7.15. The summed E-state index contributed by atoms with van der Waals surface area (Å²) >= 11 is 0. The molecule has 0 radical (unpaired) electrons. The van der Waals surface area contributed by atoms with Crippen molar-refractivity contribution in [3.05, 3.63) is 78.8 Å². The van der Waals surface area contributed by atoms with Gasteiger partial charge in [-0.15, -0.1) is 0 Å². The minimum Gasteiger partial charge on any atom is -0.493 e. The van der Waals surface area contributed by atoms with E-state index in [4.69, 9.17) is 18.7 Å². The van der Waals surface area contributed by atoms with E-state index in [2.05, 4.69) is 15.5 Å². The van der Waals surface area contributed by atoms with Crippen molar-refractivity contribution in [3.63, 3.8) is 0 Å². The lowest BCUT2D eigenvalue weighted by Crippen LogP contribution is -2.11. The van der Waals surface area contributed by atoms with Crippen molar-refractivity contribution in [2.45, 2.75) is 0 Å². The number of hydrogen-bond acceptors (Lipinski definition) is 7. The van der Waals surface area contributed by atoms with Crippen LogP contribution in [0.5, 0.6) is 23.0 Å². The number of carbonyl (C=O) groups excluding carboxylic acids is 1. The van der Waals surface area contributed by atoms with Crippen LogP contribution in [0.25, 0.3) is 21.7 Å². The molecule has 0 saturated carbocycles. The van der Waals surface area contributed by atoms with Gasteiger partial charge in [-0.2, -0.15) is 0 Å². The lowest BCUT2D eigenvalue weighted by atomic mass is 10.1. The second-order valence-electron chi connectivity index (χ2n) is 7.15. The molecule has 0 atom stereocenters. The molecule has 0 unspecified atom stereocenters. The first-order chi connectivity index (χ1) is 16.2. The van der Waals surface area contributed by atoms with Gasteiger partial charge in [0.25, 0.3) is 5.91 Å². The van der Waals surface area contributed by atoms with E-state index in [-0.39, 0.29) is 11.7 Å². The van der Waals surface area contributed by atoms with Crippen LogP contribution in [0, 0.1) is 0 Å². The molecule has 5 rings (SSSR count). The maximum atomic E-state index is 12.4. The Kier molecular flexibility index (Phi) is 5.24. The van der Waals surface area contributed by atoms with Gasteiger partial charge in [0.05, 0.1) is 25.9 Å². The maximum Gasteiger partial charge on any atom is 0.294 e. The van der Waals surface area contributed by atoms with Gasteiger partial charge in [0.2, 0.25) is 5.76 Å². The van der Waals surface area contributed by atoms with E-state index in [0.717, 1.165) is 21.7 Å². The van der Waals surface area contributed by atoms with E-state index in [9.17, 15) is 4.79 Å². The topological polar surface area (TPSA) is 95.7 Å². The average Bonchev–Trinajstić information content (AvgIpc) is 3.39. The summed E-state index contributed by atoms with van der Waals surface area (Å²) in [4.78, 5) is 16.8. The number of carbonyl (C=O) groups is 1. The molecule has 0 aliphatic rings. The predicted molar refractivity (Wildman–Crippen MR) is 123 cm³/mol. The van der Waals surface area contributed by atoms with Crippen molar-refractivity contribution >= 4 is 33.3 Å². The Labute approximate surface area is 188 Å². The number of benzene rings is 3. The van der Waals surface area contributed by atoms with Gasteiger partial charge in [0.1, 0.15) is 11.5 Å². The van der Waals surface area contributed by atoms with Crippen LogP contribution >= 0.6 is 0 Å². The number of amides is 1. The molecule has 5 aromatic rings. The summed E-state index contributed by atoms with van der Waals surface area (Å²) in [7, 11) is 3.17. The molecule has 0 saturated heterocycles. The van der Waals surface area contributed by atoms with E-state index in [1.165, 1.54) is 12.3 Å². The van der Waals surface area contributed by atoms with Crippen molar-refractivity contribution < 1.29 is 23.5 Å². The van der Waals surface area contributed by atoms with E-state index >= 15 is 0 Å². The zero-order valence-corrected chi connectivity index (χ0v) is 17.9. The van der Waals surface area contributed by atoms with E-state index in [0.29, 0.717) is 28.7 Å². The number of nitrogens with one attached hydrogen (secondary N) is 1. The van der Waals surface area contributed by atoms with E-state index in [1.54, 1.807) is 26.5 Å².